The van der Waals surface area contributed by atoms with Crippen molar-refractivity contribution in [3.05, 3.63) is 189 Å². The summed E-state index contributed by atoms with van der Waals surface area (Å²) in [6.45, 7) is 9.20. The van der Waals surface area contributed by atoms with Crippen molar-refractivity contribution >= 4 is 110 Å². The Balaban J connectivity index is 0.000000122. The van der Waals surface area contributed by atoms with E-state index in [9.17, 15) is 38.5 Å². The molecule has 3 N–H and O–H groups in total. The lowest BCUT2D eigenvalue weighted by molar-refractivity contribution is 0.0225. The normalized spacial score (nSPS) is 21.0. The van der Waals surface area contributed by atoms with Gasteiger partial charge in [0.05, 0.1) is 20.7 Å². The van der Waals surface area contributed by atoms with Crippen LogP contribution in [0.2, 0.25) is 0 Å². The summed E-state index contributed by atoms with van der Waals surface area (Å²) < 4.78 is 115. The molecule has 6 atom stereocenters. The Bertz CT molecular complexity index is 4670. The molecule has 5 aliphatic heterocycles. The number of benzene rings is 5. The van der Waals surface area contributed by atoms with Crippen molar-refractivity contribution in [3.63, 3.8) is 0 Å². The zero-order chi connectivity index (χ0) is 67.1. The molecule has 0 spiro atoms. The maximum absolute atomic E-state index is 13.5. The molecule has 0 bridgehead atoms. The van der Waals surface area contributed by atoms with E-state index in [1.165, 1.54) is 67.5 Å². The first-order valence-corrected chi connectivity index (χ1v) is 38.1. The topological polar surface area (TPSA) is 281 Å². The molecule has 5 aromatic carbocycles. The molecule has 0 radical (unpaired) electrons. The van der Waals surface area contributed by atoms with Gasteiger partial charge in [0, 0.05) is 160 Å². The molecule has 498 valence electrons. The fourth-order valence-corrected chi connectivity index (χ4v) is 19.2. The lowest BCUT2D eigenvalue weighted by Crippen LogP contribution is -2.43. The zero-order valence-electron chi connectivity index (χ0n) is 52.7. The second-order valence-electron chi connectivity index (χ2n) is 24.9. The van der Waals surface area contributed by atoms with Gasteiger partial charge in [-0.1, -0.05) is 79.2 Å². The van der Waals surface area contributed by atoms with Crippen molar-refractivity contribution in [1.29, 1.82) is 0 Å². The SMILES string of the molecule is C1C[C@@H]2CCN[C@@H]2C1.CC(C)(C)OC(=O)N1CC[C@H]2[C@@H]1CCN2S(=O)(=O)c1cccc2cnccc12.O=S(=O)(Cl)c1cccc2cnccc12.O=S(=O)(O)c1cccc2cnccc12.O=S(=O)(c1cccc2cnccc12)N1CC[C@@H]2NCC[C@@H]21.c1ccc2cnccc2c1. The molecule has 95 heavy (non-hydrogen) atoms. The number of pyridine rings is 5. The van der Waals surface area contributed by atoms with Crippen LogP contribution in [0.25, 0.3) is 53.9 Å². The number of hydrogen-bond acceptors (Lipinski definition) is 17. The third-order valence-electron chi connectivity index (χ3n) is 17.9. The fraction of sp³-hybridized carbons (Fsp3) is 0.333. The van der Waals surface area contributed by atoms with E-state index in [1.54, 1.807) is 123 Å². The lowest BCUT2D eigenvalue weighted by atomic mass is 10.1. The van der Waals surface area contributed by atoms with Gasteiger partial charge < -0.3 is 20.3 Å². The Kier molecular flexibility index (Phi) is 21.2. The molecule has 1 aliphatic carbocycles. The zero-order valence-corrected chi connectivity index (χ0v) is 56.7. The largest absolute Gasteiger partial charge is 0.444 e. The lowest BCUT2D eigenvalue weighted by Gasteiger charge is -2.28. The molecular weight excluding hydrogens is 1310 g/mol. The van der Waals surface area contributed by atoms with Gasteiger partial charge in [-0.3, -0.25) is 29.5 Å². The number of sulfonamides is 2. The molecule has 21 nitrogen and oxygen atoms in total. The quantitative estimate of drug-likeness (QED) is 0.103. The highest BCUT2D eigenvalue weighted by Crippen LogP contribution is 2.39. The van der Waals surface area contributed by atoms with Gasteiger partial charge in [-0.15, -0.1) is 0 Å². The number of likely N-dealkylation sites (tertiary alicyclic amines) is 1. The molecule has 5 saturated heterocycles. The first kappa shape index (κ1) is 68.7. The van der Waals surface area contributed by atoms with E-state index in [-0.39, 0.29) is 34.0 Å². The smallest absolute Gasteiger partial charge is 0.410 e. The Labute approximate surface area is 558 Å². The molecule has 5 aromatic heterocycles. The maximum atomic E-state index is 13.5. The molecule has 6 aliphatic rings. The van der Waals surface area contributed by atoms with Crippen molar-refractivity contribution in [1.82, 2.24) is 49.1 Å². The molecule has 10 heterocycles. The Morgan fingerprint density at radius 1 is 0.463 bits per heavy atom. The number of rotatable bonds is 6. The Morgan fingerprint density at radius 3 is 1.41 bits per heavy atom. The highest BCUT2D eigenvalue weighted by molar-refractivity contribution is 8.14. The highest BCUT2D eigenvalue weighted by Gasteiger charge is 2.50. The highest BCUT2D eigenvalue weighted by atomic mass is 35.7. The van der Waals surface area contributed by atoms with Crippen molar-refractivity contribution in [2.45, 2.75) is 128 Å². The van der Waals surface area contributed by atoms with Crippen LogP contribution in [-0.2, 0) is 44.0 Å². The van der Waals surface area contributed by atoms with Crippen LogP contribution in [0.1, 0.15) is 72.1 Å². The van der Waals surface area contributed by atoms with Gasteiger partial charge in [0.2, 0.25) is 20.0 Å². The number of aromatic nitrogens is 5. The van der Waals surface area contributed by atoms with Crippen LogP contribution < -0.4 is 10.6 Å². The fourth-order valence-electron chi connectivity index (χ4n) is 13.6. The molecule has 1 amide bonds. The summed E-state index contributed by atoms with van der Waals surface area (Å²) in [4.78, 5) is 34.9. The first-order valence-electron chi connectivity index (χ1n) is 31.5. The molecule has 0 unspecified atom stereocenters. The number of hydrogen-bond donors (Lipinski definition) is 3. The molecule has 6 fully saturated rings. The summed E-state index contributed by atoms with van der Waals surface area (Å²) in [5, 5.41) is 14.9. The van der Waals surface area contributed by atoms with E-state index in [0.717, 1.165) is 52.9 Å². The predicted molar refractivity (Wildman–Crippen MR) is 368 cm³/mol. The summed E-state index contributed by atoms with van der Waals surface area (Å²) in [6.07, 6.45) is 25.0. The number of amides is 1. The third-order valence-corrected chi connectivity index (χ3v) is 24.2. The number of halogens is 1. The van der Waals surface area contributed by atoms with Crippen LogP contribution in [0.4, 0.5) is 4.79 Å². The summed E-state index contributed by atoms with van der Waals surface area (Å²) in [5.41, 5.74) is -0.573. The van der Waals surface area contributed by atoms with Gasteiger partial charge in [0.25, 0.3) is 19.2 Å². The standard InChI is InChI=1S/C20H25N3O4S.C15H17N3O2S.C9H6ClNO2S.C9H7NO3S.C9H7N.C7H13N/c1-20(2,3)27-19(24)22-11-8-17-16(22)9-12-23(17)28(25,26)18-6-4-5-14-13-21-10-7-15(14)18;19-21(20,18-9-6-13-14(18)5-8-17-13)15-3-1-2-11-10-16-7-4-12(11)15;10-14(12,13)9-3-1-2-7-6-11-5-4-8(7)9;11-14(12,13)9-3-1-2-7-6-10-5-4-8(7)9;1-2-4-9-7-10-6-5-8(9)3-1;1-2-6-4-5-8-7(6)3-1/h4-7,10,13,16-17H,8-9,11-12H2,1-3H3;1-4,7,10,13-14,17H,5-6,8-9H2;1-6H;1-6H,(H,11,12,13);1-7H;6-8H,1-5H2/t16-,17-;13-,14-;;;;6-,7-/m00...1/s1. The second kappa shape index (κ2) is 29.3. The molecule has 1 saturated carbocycles. The van der Waals surface area contributed by atoms with Crippen molar-refractivity contribution in [3.8, 4) is 0 Å². The van der Waals surface area contributed by atoms with E-state index in [4.69, 9.17) is 20.0 Å². The number of nitrogens with zero attached hydrogens (tertiary/aromatic N) is 8. The van der Waals surface area contributed by atoms with Crippen LogP contribution in [0.15, 0.2) is 209 Å². The second-order valence-corrected chi connectivity index (χ2v) is 32.6. The van der Waals surface area contributed by atoms with Crippen molar-refractivity contribution in [2.24, 2.45) is 5.92 Å². The van der Waals surface area contributed by atoms with Crippen LogP contribution in [0, 0.1) is 5.92 Å². The summed E-state index contributed by atoms with van der Waals surface area (Å²) in [5.74, 6) is 1.06. The number of nitrogens with one attached hydrogen (secondary N) is 2. The van der Waals surface area contributed by atoms with E-state index in [2.05, 4.69) is 47.7 Å². The van der Waals surface area contributed by atoms with Gasteiger partial charge >= 0.3 is 6.09 Å². The van der Waals surface area contributed by atoms with Gasteiger partial charge in [0.15, 0.2) is 0 Å². The van der Waals surface area contributed by atoms with Crippen molar-refractivity contribution in [2.75, 3.05) is 32.7 Å². The summed E-state index contributed by atoms with van der Waals surface area (Å²) in [7, 11) is -9.68. The van der Waals surface area contributed by atoms with Crippen LogP contribution >= 0.6 is 10.7 Å². The summed E-state index contributed by atoms with van der Waals surface area (Å²) >= 11 is 0. The van der Waals surface area contributed by atoms with Gasteiger partial charge in [-0.05, 0) is 150 Å². The maximum Gasteiger partial charge on any atom is 0.410 e. The number of carbonyl (C=O) groups is 1. The van der Waals surface area contributed by atoms with E-state index in [0.29, 0.717) is 69.9 Å². The molecule has 10 aromatic rings. The number of carbonyl (C=O) groups excluding carboxylic acids is 1. The van der Waals surface area contributed by atoms with Gasteiger partial charge in [-0.2, -0.15) is 17.0 Å². The molecule has 16 rings (SSSR count). The summed E-state index contributed by atoms with van der Waals surface area (Å²) in [6, 6.07) is 38.1. The predicted octanol–water partition coefficient (Wildman–Crippen LogP) is 11.4. The number of fused-ring (bicyclic) bond motifs is 8. The Hall–Kier alpha value is -7.69. The minimum atomic E-state index is -4.16. The van der Waals surface area contributed by atoms with Crippen LogP contribution in [0.3, 0.4) is 0 Å². The van der Waals surface area contributed by atoms with Gasteiger partial charge in [0.1, 0.15) is 10.5 Å². The number of ether oxygens (including phenoxy) is 1. The Morgan fingerprint density at radius 2 is 0.895 bits per heavy atom. The van der Waals surface area contributed by atoms with E-state index >= 15 is 0 Å². The third kappa shape index (κ3) is 15.9. The van der Waals surface area contributed by atoms with E-state index in [1.807, 2.05) is 63.5 Å². The molecular formula is C69H75ClN10O11S4. The first-order chi connectivity index (χ1) is 45.5. The minimum Gasteiger partial charge on any atom is -0.444 e. The molecule has 26 heteroatoms. The van der Waals surface area contributed by atoms with E-state index < -0.39 is 44.8 Å². The van der Waals surface area contributed by atoms with Crippen molar-refractivity contribution < 1.29 is 47.8 Å². The van der Waals surface area contributed by atoms with Gasteiger partial charge in [-0.25, -0.2) is 30.0 Å². The average molecular weight is 1380 g/mol. The monoisotopic (exact) mass is 1380 g/mol. The minimum absolute atomic E-state index is 0.0857. The average Bonchev–Trinajstić information content (AvgIpc) is 1.65. The van der Waals surface area contributed by atoms with Crippen LogP contribution in [0.5, 0.6) is 0 Å². The van der Waals surface area contributed by atoms with Crippen LogP contribution in [-0.4, -0.2) is 151 Å².